The van der Waals surface area contributed by atoms with Gasteiger partial charge in [-0.25, -0.2) is 0 Å². The number of pyridine rings is 1. The zero-order valence-corrected chi connectivity index (χ0v) is 9.38. The van der Waals surface area contributed by atoms with Crippen molar-refractivity contribution < 1.29 is 0 Å². The molecule has 0 bridgehead atoms. The van der Waals surface area contributed by atoms with Gasteiger partial charge in [0.05, 0.1) is 10.5 Å². The molecule has 80 valence electrons. The molecule has 0 aliphatic heterocycles. The topological polar surface area (TPSA) is 37.8 Å². The number of hydrogen-bond acceptors (Lipinski definition) is 1. The predicted molar refractivity (Wildman–Crippen MR) is 66.1 cm³/mol. The highest BCUT2D eigenvalue weighted by Gasteiger charge is 2.12. The molecule has 3 rings (SSSR count). The van der Waals surface area contributed by atoms with Crippen molar-refractivity contribution >= 4 is 33.4 Å². The molecule has 0 aliphatic carbocycles. The Morgan fingerprint density at radius 2 is 2.12 bits per heavy atom. The largest absolute Gasteiger partial charge is 0.339 e. The minimum Gasteiger partial charge on any atom is -0.339 e. The molecule has 1 N–H and O–H groups in total. The second-order valence-electron chi connectivity index (χ2n) is 3.76. The van der Waals surface area contributed by atoms with Gasteiger partial charge < -0.3 is 9.55 Å². The van der Waals surface area contributed by atoms with Crippen LogP contribution < -0.4 is 5.56 Å². The van der Waals surface area contributed by atoms with Crippen molar-refractivity contribution in [3.63, 3.8) is 0 Å². The van der Waals surface area contributed by atoms with Crippen LogP contribution in [0.1, 0.15) is 0 Å². The summed E-state index contributed by atoms with van der Waals surface area (Å²) >= 11 is 6.18. The fourth-order valence-electron chi connectivity index (χ4n) is 2.18. The van der Waals surface area contributed by atoms with E-state index in [1.807, 2.05) is 35.9 Å². The van der Waals surface area contributed by atoms with Crippen LogP contribution in [-0.2, 0) is 7.05 Å². The number of H-pyrrole nitrogens is 1. The summed E-state index contributed by atoms with van der Waals surface area (Å²) in [6.07, 6.45) is 1.65. The lowest BCUT2D eigenvalue weighted by molar-refractivity contribution is 0.999. The lowest BCUT2D eigenvalue weighted by Crippen LogP contribution is -2.07. The van der Waals surface area contributed by atoms with Gasteiger partial charge in [0.1, 0.15) is 5.52 Å². The minimum atomic E-state index is -0.0905. The molecule has 3 nitrogen and oxygen atoms in total. The first-order valence-electron chi connectivity index (χ1n) is 4.94. The molecule has 0 atom stereocenters. The third kappa shape index (κ3) is 1.06. The number of hydrogen-bond donors (Lipinski definition) is 1. The van der Waals surface area contributed by atoms with E-state index >= 15 is 0 Å². The number of aromatic nitrogens is 2. The summed E-state index contributed by atoms with van der Waals surface area (Å²) < 4.78 is 1.87. The number of nitrogens with zero attached hydrogens (tertiary/aromatic N) is 1. The van der Waals surface area contributed by atoms with Crippen LogP contribution in [0.4, 0.5) is 0 Å². The first-order chi connectivity index (χ1) is 7.70. The molecule has 0 radical (unpaired) electrons. The summed E-state index contributed by atoms with van der Waals surface area (Å²) in [6.45, 7) is 0. The SMILES string of the molecule is Cn1c2cccc(Cl)c2c2cc[nH]c(=O)c21. The maximum atomic E-state index is 11.8. The molecule has 3 aromatic rings. The number of halogens is 1. The van der Waals surface area contributed by atoms with Crippen molar-refractivity contribution in [2.24, 2.45) is 7.05 Å². The second-order valence-corrected chi connectivity index (χ2v) is 4.17. The number of aromatic amines is 1. The van der Waals surface area contributed by atoms with Gasteiger partial charge in [0.2, 0.25) is 0 Å². The standard InChI is InChI=1S/C12H9ClN2O/c1-15-9-4-2-3-8(13)10(9)7-5-6-14-12(16)11(7)15/h2-6H,1H3,(H,14,16). The molecule has 2 aromatic heterocycles. The van der Waals surface area contributed by atoms with E-state index in [4.69, 9.17) is 11.6 Å². The lowest BCUT2D eigenvalue weighted by Gasteiger charge is -1.96. The molecular formula is C12H9ClN2O. The number of fused-ring (bicyclic) bond motifs is 3. The highest BCUT2D eigenvalue weighted by atomic mass is 35.5. The zero-order chi connectivity index (χ0) is 11.3. The Hall–Kier alpha value is -1.74. The Bertz CT molecular complexity index is 755. The van der Waals surface area contributed by atoms with Crippen molar-refractivity contribution in [3.05, 3.63) is 45.8 Å². The normalized spacial score (nSPS) is 11.4. The summed E-state index contributed by atoms with van der Waals surface area (Å²) in [5.41, 5.74) is 1.54. The Kier molecular flexibility index (Phi) is 1.85. The van der Waals surface area contributed by atoms with Gasteiger partial charge in [-0.15, -0.1) is 0 Å². The van der Waals surface area contributed by atoms with Crippen molar-refractivity contribution in [1.82, 2.24) is 9.55 Å². The van der Waals surface area contributed by atoms with E-state index in [1.54, 1.807) is 6.20 Å². The second kappa shape index (κ2) is 3.12. The number of aryl methyl sites for hydroxylation is 1. The van der Waals surface area contributed by atoms with Crippen molar-refractivity contribution in [2.45, 2.75) is 0 Å². The van der Waals surface area contributed by atoms with Crippen LogP contribution in [0.25, 0.3) is 21.8 Å². The molecule has 0 unspecified atom stereocenters. The van der Waals surface area contributed by atoms with E-state index in [1.165, 1.54) is 0 Å². The van der Waals surface area contributed by atoms with Crippen molar-refractivity contribution in [2.75, 3.05) is 0 Å². The van der Waals surface area contributed by atoms with Gasteiger partial charge in [0.15, 0.2) is 0 Å². The predicted octanol–water partition coefficient (Wildman–Crippen LogP) is 2.67. The maximum absolute atomic E-state index is 11.8. The molecule has 0 aliphatic rings. The van der Waals surface area contributed by atoms with Crippen LogP contribution in [0.15, 0.2) is 35.3 Å². The highest BCUT2D eigenvalue weighted by molar-refractivity contribution is 6.38. The molecule has 2 heterocycles. The molecular weight excluding hydrogens is 224 g/mol. The molecule has 0 amide bonds. The van der Waals surface area contributed by atoms with Crippen LogP contribution in [0.3, 0.4) is 0 Å². The zero-order valence-electron chi connectivity index (χ0n) is 8.62. The average molecular weight is 233 g/mol. The van der Waals surface area contributed by atoms with Gasteiger partial charge in [0.25, 0.3) is 5.56 Å². The van der Waals surface area contributed by atoms with Gasteiger partial charge in [-0.2, -0.15) is 0 Å². The summed E-state index contributed by atoms with van der Waals surface area (Å²) in [5.74, 6) is 0. The summed E-state index contributed by atoms with van der Waals surface area (Å²) in [5, 5.41) is 2.51. The molecule has 0 spiro atoms. The third-order valence-electron chi connectivity index (χ3n) is 2.89. The number of nitrogens with one attached hydrogen (secondary N) is 1. The van der Waals surface area contributed by atoms with Crippen molar-refractivity contribution in [1.29, 1.82) is 0 Å². The van der Waals surface area contributed by atoms with E-state index in [-0.39, 0.29) is 5.56 Å². The van der Waals surface area contributed by atoms with Crippen LogP contribution in [-0.4, -0.2) is 9.55 Å². The first kappa shape index (κ1) is 9.48. The van der Waals surface area contributed by atoms with Crippen LogP contribution >= 0.6 is 11.6 Å². The third-order valence-corrected chi connectivity index (χ3v) is 3.21. The van der Waals surface area contributed by atoms with E-state index in [0.717, 1.165) is 16.3 Å². The Labute approximate surface area is 96.3 Å². The monoisotopic (exact) mass is 232 g/mol. The first-order valence-corrected chi connectivity index (χ1v) is 5.32. The van der Waals surface area contributed by atoms with Crippen LogP contribution in [0.5, 0.6) is 0 Å². The van der Waals surface area contributed by atoms with Gasteiger partial charge in [-0.1, -0.05) is 17.7 Å². The molecule has 4 heteroatoms. The Balaban J connectivity index is 2.77. The summed E-state index contributed by atoms with van der Waals surface area (Å²) in [7, 11) is 1.87. The van der Waals surface area contributed by atoms with Crippen molar-refractivity contribution in [3.8, 4) is 0 Å². The molecule has 1 aromatic carbocycles. The maximum Gasteiger partial charge on any atom is 0.272 e. The quantitative estimate of drug-likeness (QED) is 0.636. The number of benzene rings is 1. The lowest BCUT2D eigenvalue weighted by atomic mass is 10.2. The molecule has 0 saturated carbocycles. The van der Waals surface area contributed by atoms with Gasteiger partial charge >= 0.3 is 0 Å². The number of rotatable bonds is 0. The average Bonchev–Trinajstić information content (AvgIpc) is 2.56. The Morgan fingerprint density at radius 3 is 2.94 bits per heavy atom. The van der Waals surface area contributed by atoms with Gasteiger partial charge in [0, 0.05) is 24.0 Å². The van der Waals surface area contributed by atoms with E-state index in [0.29, 0.717) is 10.5 Å². The van der Waals surface area contributed by atoms with E-state index in [2.05, 4.69) is 4.98 Å². The van der Waals surface area contributed by atoms with Gasteiger partial charge in [-0.05, 0) is 18.2 Å². The minimum absolute atomic E-state index is 0.0905. The fraction of sp³-hybridized carbons (Fsp3) is 0.0833. The molecule has 0 fully saturated rings. The van der Waals surface area contributed by atoms with Crippen LogP contribution in [0, 0.1) is 0 Å². The molecule has 0 saturated heterocycles. The van der Waals surface area contributed by atoms with Crippen LogP contribution in [0.2, 0.25) is 5.02 Å². The fourth-order valence-corrected chi connectivity index (χ4v) is 2.46. The van der Waals surface area contributed by atoms with E-state index < -0.39 is 0 Å². The summed E-state index contributed by atoms with van der Waals surface area (Å²) in [4.78, 5) is 14.4. The van der Waals surface area contributed by atoms with E-state index in [9.17, 15) is 4.79 Å². The van der Waals surface area contributed by atoms with Gasteiger partial charge in [-0.3, -0.25) is 4.79 Å². The smallest absolute Gasteiger partial charge is 0.272 e. The Morgan fingerprint density at radius 1 is 1.31 bits per heavy atom. The summed E-state index contributed by atoms with van der Waals surface area (Å²) in [6, 6.07) is 7.56. The molecule has 16 heavy (non-hydrogen) atoms. The highest BCUT2D eigenvalue weighted by Crippen LogP contribution is 2.31.